The van der Waals surface area contributed by atoms with Crippen molar-refractivity contribution in [3.8, 4) is 0 Å². The zero-order valence-electron chi connectivity index (χ0n) is 11.8. The summed E-state index contributed by atoms with van der Waals surface area (Å²) in [5, 5.41) is 3.92. The fraction of sp³-hybridized carbons (Fsp3) is 0.111. The number of benzene rings is 2. The second kappa shape index (κ2) is 5.75. The summed E-state index contributed by atoms with van der Waals surface area (Å²) in [5.41, 5.74) is 3.85. The number of fused-ring (bicyclic) bond motifs is 1. The van der Waals surface area contributed by atoms with Gasteiger partial charge in [-0.25, -0.2) is 0 Å². The van der Waals surface area contributed by atoms with Gasteiger partial charge in [-0.3, -0.25) is 9.78 Å². The quantitative estimate of drug-likeness (QED) is 0.793. The van der Waals surface area contributed by atoms with Crippen LogP contribution in [0.5, 0.6) is 0 Å². The molecule has 0 fully saturated rings. The second-order valence-electron chi connectivity index (χ2n) is 5.08. The molecule has 3 aromatic rings. The van der Waals surface area contributed by atoms with Crippen LogP contribution in [-0.2, 0) is 6.54 Å². The number of hydrogen-bond acceptors (Lipinski definition) is 2. The van der Waals surface area contributed by atoms with Crippen molar-refractivity contribution in [1.82, 2.24) is 10.3 Å². The lowest BCUT2D eigenvalue weighted by Gasteiger charge is -2.07. The Kier molecular flexibility index (Phi) is 3.65. The molecule has 106 valence electrons. The number of amides is 1. The van der Waals surface area contributed by atoms with E-state index in [1.54, 1.807) is 12.3 Å². The molecule has 0 bridgehead atoms. The molecule has 0 aliphatic carbocycles. The molecule has 3 rings (SSSR count). The van der Waals surface area contributed by atoms with E-state index in [9.17, 15) is 4.79 Å². The van der Waals surface area contributed by atoms with Crippen LogP contribution >= 0.6 is 0 Å². The number of rotatable bonds is 3. The normalized spacial score (nSPS) is 10.5. The van der Waals surface area contributed by atoms with E-state index in [0.29, 0.717) is 12.1 Å². The van der Waals surface area contributed by atoms with Gasteiger partial charge in [-0.15, -0.1) is 0 Å². The van der Waals surface area contributed by atoms with Crippen LogP contribution < -0.4 is 5.32 Å². The Morgan fingerprint density at radius 2 is 2.05 bits per heavy atom. The first-order valence-electron chi connectivity index (χ1n) is 6.91. The first-order valence-corrected chi connectivity index (χ1v) is 6.91. The fourth-order valence-corrected chi connectivity index (χ4v) is 2.32. The summed E-state index contributed by atoms with van der Waals surface area (Å²) in [6, 6.07) is 17.5. The van der Waals surface area contributed by atoms with Gasteiger partial charge in [-0.05, 0) is 36.8 Å². The summed E-state index contributed by atoms with van der Waals surface area (Å²) in [5.74, 6) is -0.0674. The van der Waals surface area contributed by atoms with Crippen molar-refractivity contribution >= 4 is 16.8 Å². The van der Waals surface area contributed by atoms with E-state index in [1.165, 1.54) is 5.56 Å². The molecule has 0 saturated heterocycles. The summed E-state index contributed by atoms with van der Waals surface area (Å²) < 4.78 is 0. The van der Waals surface area contributed by atoms with Gasteiger partial charge in [0.05, 0.1) is 5.52 Å². The van der Waals surface area contributed by atoms with E-state index in [2.05, 4.69) is 16.4 Å². The molecule has 0 saturated carbocycles. The highest BCUT2D eigenvalue weighted by molar-refractivity contribution is 5.97. The molecule has 0 spiro atoms. The largest absolute Gasteiger partial charge is 0.348 e. The van der Waals surface area contributed by atoms with Gasteiger partial charge < -0.3 is 5.32 Å². The molecular formula is C18H18N2O. The van der Waals surface area contributed by atoms with Crippen molar-refractivity contribution in [2.24, 2.45) is 0 Å². The maximum absolute atomic E-state index is 12.2. The van der Waals surface area contributed by atoms with E-state index in [0.717, 1.165) is 16.5 Å². The molecule has 1 N–H and O–H groups in total. The Morgan fingerprint density at radius 3 is 2.90 bits per heavy atom. The average molecular weight is 278 g/mol. The Hall–Kier alpha value is -2.68. The van der Waals surface area contributed by atoms with Crippen LogP contribution in [0.25, 0.3) is 10.9 Å². The highest BCUT2D eigenvalue weighted by Crippen LogP contribution is 2.13. The van der Waals surface area contributed by atoms with E-state index in [4.69, 9.17) is 0 Å². The third-order valence-corrected chi connectivity index (χ3v) is 3.40. The minimum Gasteiger partial charge on any atom is -0.348 e. The first-order chi connectivity index (χ1) is 10.2. The van der Waals surface area contributed by atoms with E-state index >= 15 is 0 Å². The minimum absolute atomic E-state index is 0. The molecule has 3 nitrogen and oxygen atoms in total. The Morgan fingerprint density at radius 1 is 1.14 bits per heavy atom. The molecule has 0 unspecified atom stereocenters. The van der Waals surface area contributed by atoms with Gasteiger partial charge in [0, 0.05) is 25.1 Å². The van der Waals surface area contributed by atoms with Gasteiger partial charge in [0.25, 0.3) is 5.91 Å². The molecule has 0 atom stereocenters. The molecule has 3 heteroatoms. The Labute approximate surface area is 125 Å². The molecule has 0 aliphatic rings. The third-order valence-electron chi connectivity index (χ3n) is 3.40. The fourth-order valence-electron chi connectivity index (χ4n) is 2.32. The van der Waals surface area contributed by atoms with Crippen molar-refractivity contribution in [2.45, 2.75) is 13.5 Å². The number of hydrogen-bond donors (Lipinski definition) is 1. The minimum atomic E-state index is -0.0674. The summed E-state index contributed by atoms with van der Waals surface area (Å²) in [6.07, 6.45) is 1.75. The third kappa shape index (κ3) is 3.08. The topological polar surface area (TPSA) is 42.0 Å². The molecule has 0 aliphatic heterocycles. The molecule has 21 heavy (non-hydrogen) atoms. The zero-order valence-corrected chi connectivity index (χ0v) is 11.8. The summed E-state index contributed by atoms with van der Waals surface area (Å²) in [6.45, 7) is 2.58. The van der Waals surface area contributed by atoms with Crippen LogP contribution in [0.2, 0.25) is 0 Å². The number of aromatic nitrogens is 1. The van der Waals surface area contributed by atoms with Gasteiger partial charge in [0.15, 0.2) is 0 Å². The summed E-state index contributed by atoms with van der Waals surface area (Å²) in [7, 11) is 0. The van der Waals surface area contributed by atoms with Crippen LogP contribution in [0.15, 0.2) is 60.8 Å². The highest BCUT2D eigenvalue weighted by Gasteiger charge is 2.06. The van der Waals surface area contributed by atoms with Crippen molar-refractivity contribution in [2.75, 3.05) is 0 Å². The van der Waals surface area contributed by atoms with Crippen LogP contribution in [-0.4, -0.2) is 10.9 Å². The smallest absolute Gasteiger partial charge is 0.251 e. The number of nitrogens with one attached hydrogen (secondary N) is 1. The Bertz CT molecular complexity index is 802. The number of carbonyl (C=O) groups is 1. The van der Waals surface area contributed by atoms with Crippen LogP contribution in [0.4, 0.5) is 0 Å². The van der Waals surface area contributed by atoms with Crippen molar-refractivity contribution < 1.29 is 6.22 Å². The van der Waals surface area contributed by atoms with Gasteiger partial charge in [-0.1, -0.05) is 35.9 Å². The lowest BCUT2D eigenvalue weighted by atomic mass is 10.1. The Balaban J connectivity index is 0.00000176. The SMILES string of the molecule is Cc1cccc(CNC(=O)c2ccc3ncccc3c2)c1.[HH]. The second-order valence-corrected chi connectivity index (χ2v) is 5.08. The maximum Gasteiger partial charge on any atom is 0.251 e. The molecule has 1 amide bonds. The van der Waals surface area contributed by atoms with Crippen molar-refractivity contribution in [3.05, 3.63) is 77.5 Å². The van der Waals surface area contributed by atoms with Gasteiger partial charge >= 0.3 is 0 Å². The molecule has 1 heterocycles. The number of carbonyl (C=O) groups excluding carboxylic acids is 1. The van der Waals surface area contributed by atoms with Gasteiger partial charge in [-0.2, -0.15) is 0 Å². The zero-order chi connectivity index (χ0) is 14.7. The highest BCUT2D eigenvalue weighted by atomic mass is 16.1. The number of nitrogens with zero attached hydrogens (tertiary/aromatic N) is 1. The predicted molar refractivity (Wildman–Crippen MR) is 86.2 cm³/mol. The van der Waals surface area contributed by atoms with Crippen LogP contribution in [0.3, 0.4) is 0 Å². The molecular weight excluding hydrogens is 260 g/mol. The van der Waals surface area contributed by atoms with Crippen molar-refractivity contribution in [1.29, 1.82) is 0 Å². The molecule has 0 radical (unpaired) electrons. The maximum atomic E-state index is 12.2. The summed E-state index contributed by atoms with van der Waals surface area (Å²) in [4.78, 5) is 16.5. The van der Waals surface area contributed by atoms with E-state index in [-0.39, 0.29) is 7.33 Å². The molecule has 1 aromatic heterocycles. The lowest BCUT2D eigenvalue weighted by Crippen LogP contribution is -2.22. The van der Waals surface area contributed by atoms with E-state index < -0.39 is 0 Å². The van der Waals surface area contributed by atoms with Gasteiger partial charge in [0.1, 0.15) is 0 Å². The summed E-state index contributed by atoms with van der Waals surface area (Å²) >= 11 is 0. The monoisotopic (exact) mass is 278 g/mol. The van der Waals surface area contributed by atoms with Gasteiger partial charge in [0.2, 0.25) is 0 Å². The van der Waals surface area contributed by atoms with Crippen LogP contribution in [0.1, 0.15) is 22.9 Å². The molecule has 2 aromatic carbocycles. The average Bonchev–Trinajstić information content (AvgIpc) is 2.52. The number of pyridine rings is 1. The lowest BCUT2D eigenvalue weighted by molar-refractivity contribution is 0.0951. The number of aryl methyl sites for hydroxylation is 1. The predicted octanol–water partition coefficient (Wildman–Crippen LogP) is 3.72. The standard InChI is InChI=1S/C18H16N2O.H2/c1-13-4-2-5-14(10-13)12-20-18(21)16-7-8-17-15(11-16)6-3-9-19-17;/h2-11H,12H2,1H3,(H,20,21);1H. The van der Waals surface area contributed by atoms with Crippen LogP contribution in [0, 0.1) is 6.92 Å². The van der Waals surface area contributed by atoms with Crippen molar-refractivity contribution in [3.63, 3.8) is 0 Å². The first kappa shape index (κ1) is 13.3. The van der Waals surface area contributed by atoms with E-state index in [1.807, 2.05) is 49.4 Å².